The van der Waals surface area contributed by atoms with Gasteiger partial charge < -0.3 is 14.6 Å². The Morgan fingerprint density at radius 2 is 1.92 bits per heavy atom. The van der Waals surface area contributed by atoms with Crippen molar-refractivity contribution in [2.75, 3.05) is 19.0 Å². The van der Waals surface area contributed by atoms with Gasteiger partial charge in [0.25, 0.3) is 0 Å². The number of methoxy groups -OCH3 is 1. The van der Waals surface area contributed by atoms with E-state index >= 15 is 0 Å². The van der Waals surface area contributed by atoms with E-state index in [2.05, 4.69) is 10.5 Å². The van der Waals surface area contributed by atoms with Crippen molar-refractivity contribution in [2.24, 2.45) is 0 Å². The van der Waals surface area contributed by atoms with Gasteiger partial charge in [0.1, 0.15) is 10.5 Å². The lowest BCUT2D eigenvalue weighted by Crippen LogP contribution is -2.48. The molecule has 0 radical (unpaired) electrons. The Kier molecular flexibility index (Phi) is 5.63. The van der Waals surface area contributed by atoms with E-state index in [4.69, 9.17) is 9.26 Å². The average molecular weight is 372 g/mol. The van der Waals surface area contributed by atoms with E-state index in [1.807, 2.05) is 13.8 Å². The Bertz CT molecular complexity index is 715. The molecule has 0 bridgehead atoms. The number of rotatable bonds is 7. The summed E-state index contributed by atoms with van der Waals surface area (Å²) in [6.45, 7) is 7.18. The second kappa shape index (κ2) is 7.07. The number of nitrogens with zero attached hydrogens (tertiary/aromatic N) is 1. The van der Waals surface area contributed by atoms with Crippen molar-refractivity contribution >= 4 is 21.6 Å². The number of sulfone groups is 1. The number of amides is 1. The summed E-state index contributed by atoms with van der Waals surface area (Å²) in [4.78, 5) is 12.6. The Balaban J connectivity index is 2.15. The third-order valence-corrected chi connectivity index (χ3v) is 7.88. The maximum atomic E-state index is 12.8. The summed E-state index contributed by atoms with van der Waals surface area (Å²) >= 11 is 0. The standard InChI is InChI=1S/C17H28N2O5S/c1-16(2,11-23-5)13-10-14(19-24-13)18-15(20)17(3,4)25(21,22)12-8-6-7-9-12/h10,12H,6-9,11H2,1-5H3,(H,18,19,20). The van der Waals surface area contributed by atoms with E-state index in [0.29, 0.717) is 25.2 Å². The van der Waals surface area contributed by atoms with Crippen LogP contribution in [0.5, 0.6) is 0 Å². The van der Waals surface area contributed by atoms with Crippen molar-refractivity contribution in [3.63, 3.8) is 0 Å². The maximum absolute atomic E-state index is 12.8. The molecule has 0 unspecified atom stereocenters. The lowest BCUT2D eigenvalue weighted by Gasteiger charge is -2.26. The van der Waals surface area contributed by atoms with Crippen LogP contribution in [0.25, 0.3) is 0 Å². The van der Waals surface area contributed by atoms with Crippen LogP contribution in [-0.2, 0) is 24.8 Å². The van der Waals surface area contributed by atoms with Crippen molar-refractivity contribution < 1.29 is 22.5 Å². The number of anilines is 1. The fourth-order valence-corrected chi connectivity index (χ4v) is 5.19. The Labute approximate surface area is 149 Å². The highest BCUT2D eigenvalue weighted by Crippen LogP contribution is 2.33. The highest BCUT2D eigenvalue weighted by Gasteiger charge is 2.47. The van der Waals surface area contributed by atoms with E-state index in [0.717, 1.165) is 12.8 Å². The van der Waals surface area contributed by atoms with Gasteiger partial charge in [-0.3, -0.25) is 4.79 Å². The largest absolute Gasteiger partial charge is 0.384 e. The summed E-state index contributed by atoms with van der Waals surface area (Å²) in [6, 6.07) is 1.61. The molecule has 1 aromatic heterocycles. The fourth-order valence-electron chi connectivity index (χ4n) is 3.10. The van der Waals surface area contributed by atoms with Crippen molar-refractivity contribution in [1.82, 2.24) is 5.16 Å². The molecule has 0 spiro atoms. The number of hydrogen-bond donors (Lipinski definition) is 1. The smallest absolute Gasteiger partial charge is 0.246 e. The van der Waals surface area contributed by atoms with Gasteiger partial charge >= 0.3 is 0 Å². The summed E-state index contributed by atoms with van der Waals surface area (Å²) in [7, 11) is -1.98. The monoisotopic (exact) mass is 372 g/mol. The van der Waals surface area contributed by atoms with Gasteiger partial charge in [-0.05, 0) is 26.7 Å². The van der Waals surface area contributed by atoms with Gasteiger partial charge in [0.05, 0.1) is 11.9 Å². The van der Waals surface area contributed by atoms with Crippen LogP contribution < -0.4 is 5.32 Å². The van der Waals surface area contributed by atoms with Crippen molar-refractivity contribution in [3.05, 3.63) is 11.8 Å². The molecule has 0 atom stereocenters. The molecular formula is C17H28N2O5S. The summed E-state index contributed by atoms with van der Waals surface area (Å²) in [6.07, 6.45) is 3.03. The third kappa shape index (κ3) is 3.89. The molecule has 1 N–H and O–H groups in total. The first-order chi connectivity index (χ1) is 11.5. The topological polar surface area (TPSA) is 98.5 Å². The molecule has 1 amide bonds. The quantitative estimate of drug-likeness (QED) is 0.790. The zero-order valence-electron chi connectivity index (χ0n) is 15.6. The number of hydrogen-bond acceptors (Lipinski definition) is 6. The summed E-state index contributed by atoms with van der Waals surface area (Å²) in [5, 5.41) is 5.98. The molecule has 0 aromatic carbocycles. The van der Waals surface area contributed by atoms with E-state index in [-0.39, 0.29) is 5.82 Å². The van der Waals surface area contributed by atoms with Crippen LogP contribution in [0.2, 0.25) is 0 Å². The SMILES string of the molecule is COCC(C)(C)c1cc(NC(=O)C(C)(C)S(=O)(=O)C2CCCC2)no1. The van der Waals surface area contributed by atoms with Crippen LogP contribution in [0.15, 0.2) is 10.6 Å². The number of ether oxygens (including phenoxy) is 1. The summed E-state index contributed by atoms with van der Waals surface area (Å²) in [5.41, 5.74) is -0.407. The predicted molar refractivity (Wildman–Crippen MR) is 95.3 cm³/mol. The van der Waals surface area contributed by atoms with E-state index < -0.39 is 31.2 Å². The molecule has 142 valence electrons. The molecule has 25 heavy (non-hydrogen) atoms. The van der Waals surface area contributed by atoms with Gasteiger partial charge in [-0.15, -0.1) is 0 Å². The average Bonchev–Trinajstić information content (AvgIpc) is 3.18. The number of carbonyl (C=O) groups is 1. The lowest BCUT2D eigenvalue weighted by atomic mass is 9.91. The van der Waals surface area contributed by atoms with Gasteiger partial charge in [0.2, 0.25) is 5.91 Å². The van der Waals surface area contributed by atoms with Crippen LogP contribution in [0.3, 0.4) is 0 Å². The fraction of sp³-hybridized carbons (Fsp3) is 0.765. The first kappa shape index (κ1) is 19.9. The Hall–Kier alpha value is -1.41. The number of aromatic nitrogens is 1. The zero-order valence-corrected chi connectivity index (χ0v) is 16.4. The highest BCUT2D eigenvalue weighted by molar-refractivity contribution is 7.94. The first-order valence-corrected chi connectivity index (χ1v) is 10.1. The molecule has 8 heteroatoms. The van der Waals surface area contributed by atoms with Crippen LogP contribution >= 0.6 is 0 Å². The number of nitrogens with one attached hydrogen (secondary N) is 1. The molecule has 1 aliphatic carbocycles. The maximum Gasteiger partial charge on any atom is 0.246 e. The Morgan fingerprint density at radius 1 is 1.32 bits per heavy atom. The van der Waals surface area contributed by atoms with Crippen molar-refractivity contribution in [3.8, 4) is 0 Å². The normalized spacial score (nSPS) is 17.0. The molecule has 1 fully saturated rings. The second-order valence-electron chi connectivity index (χ2n) is 7.81. The third-order valence-electron chi connectivity index (χ3n) is 4.92. The number of carbonyl (C=O) groups excluding carboxylic acids is 1. The Morgan fingerprint density at radius 3 is 2.48 bits per heavy atom. The molecular weight excluding hydrogens is 344 g/mol. The molecule has 0 saturated heterocycles. The minimum atomic E-state index is -3.58. The van der Waals surface area contributed by atoms with Gasteiger partial charge in [0, 0.05) is 18.6 Å². The second-order valence-corrected chi connectivity index (χ2v) is 10.6. The molecule has 2 rings (SSSR count). The minimum Gasteiger partial charge on any atom is -0.384 e. The molecule has 1 aromatic rings. The van der Waals surface area contributed by atoms with E-state index in [9.17, 15) is 13.2 Å². The van der Waals surface area contributed by atoms with Gasteiger partial charge in [0.15, 0.2) is 15.7 Å². The summed E-state index contributed by atoms with van der Waals surface area (Å²) < 4.78 is 34.5. The summed E-state index contributed by atoms with van der Waals surface area (Å²) in [5.74, 6) is 0.170. The van der Waals surface area contributed by atoms with Crippen molar-refractivity contribution in [1.29, 1.82) is 0 Å². The van der Waals surface area contributed by atoms with Gasteiger partial charge in [-0.25, -0.2) is 8.42 Å². The molecule has 7 nitrogen and oxygen atoms in total. The van der Waals surface area contributed by atoms with E-state index in [1.54, 1.807) is 13.2 Å². The van der Waals surface area contributed by atoms with Crippen LogP contribution in [0, 0.1) is 0 Å². The molecule has 1 aliphatic rings. The van der Waals surface area contributed by atoms with Crippen LogP contribution in [0.1, 0.15) is 59.1 Å². The highest BCUT2D eigenvalue weighted by atomic mass is 32.2. The molecule has 1 heterocycles. The van der Waals surface area contributed by atoms with Gasteiger partial charge in [-0.1, -0.05) is 31.8 Å². The van der Waals surface area contributed by atoms with Crippen LogP contribution in [0.4, 0.5) is 5.82 Å². The molecule has 1 saturated carbocycles. The lowest BCUT2D eigenvalue weighted by molar-refractivity contribution is -0.117. The van der Waals surface area contributed by atoms with Gasteiger partial charge in [-0.2, -0.15) is 0 Å². The van der Waals surface area contributed by atoms with Crippen LogP contribution in [-0.4, -0.2) is 43.2 Å². The van der Waals surface area contributed by atoms with E-state index in [1.165, 1.54) is 13.8 Å². The van der Waals surface area contributed by atoms with Crippen molar-refractivity contribution in [2.45, 2.75) is 68.8 Å². The minimum absolute atomic E-state index is 0.207. The zero-order chi connectivity index (χ0) is 18.9. The molecule has 0 aliphatic heterocycles. The predicted octanol–water partition coefficient (Wildman–Crippen LogP) is 2.67. The first-order valence-electron chi connectivity index (χ1n) is 8.53.